The highest BCUT2D eigenvalue weighted by atomic mass is 35.5. The Labute approximate surface area is 95.4 Å². The van der Waals surface area contributed by atoms with E-state index in [4.69, 9.17) is 26.6 Å². The summed E-state index contributed by atoms with van der Waals surface area (Å²) in [5.41, 5.74) is -0.227. The molecule has 0 amide bonds. The van der Waals surface area contributed by atoms with Crippen molar-refractivity contribution < 1.29 is 24.5 Å². The monoisotopic (exact) mass is 245 g/mol. The number of carboxylic acids is 2. The van der Waals surface area contributed by atoms with Gasteiger partial charge in [0.15, 0.2) is 5.92 Å². The van der Waals surface area contributed by atoms with Crippen LogP contribution in [0.3, 0.4) is 0 Å². The Kier molecular flexibility index (Phi) is 3.68. The summed E-state index contributed by atoms with van der Waals surface area (Å²) in [4.78, 5) is 25.3. The van der Waals surface area contributed by atoms with E-state index in [1.807, 2.05) is 0 Å². The number of nitrogens with zero attached hydrogens (tertiary/aromatic N) is 1. The first-order valence-electron chi connectivity index (χ1n) is 4.13. The Morgan fingerprint density at radius 2 is 1.94 bits per heavy atom. The van der Waals surface area contributed by atoms with Crippen LogP contribution < -0.4 is 4.74 Å². The average Bonchev–Trinajstić information content (AvgIpc) is 2.17. The van der Waals surface area contributed by atoms with Crippen LogP contribution in [0.15, 0.2) is 12.1 Å². The van der Waals surface area contributed by atoms with Gasteiger partial charge in [0.1, 0.15) is 16.6 Å². The SMILES string of the molecule is COc1ccc(Cl)nc1C(C(=O)O)C(=O)O. The van der Waals surface area contributed by atoms with E-state index in [0.29, 0.717) is 0 Å². The van der Waals surface area contributed by atoms with Crippen LogP contribution >= 0.6 is 11.6 Å². The molecule has 1 aromatic rings. The summed E-state index contributed by atoms with van der Waals surface area (Å²) in [5.74, 6) is -4.78. The molecular weight excluding hydrogens is 238 g/mol. The summed E-state index contributed by atoms with van der Waals surface area (Å²) < 4.78 is 4.83. The Morgan fingerprint density at radius 1 is 1.38 bits per heavy atom. The lowest BCUT2D eigenvalue weighted by Crippen LogP contribution is -2.22. The summed E-state index contributed by atoms with van der Waals surface area (Å²) in [5, 5.41) is 17.6. The van der Waals surface area contributed by atoms with Crippen LogP contribution in [-0.2, 0) is 9.59 Å². The molecule has 0 saturated carbocycles. The first kappa shape index (κ1) is 12.3. The van der Waals surface area contributed by atoms with Crippen molar-refractivity contribution in [2.45, 2.75) is 5.92 Å². The summed E-state index contributed by atoms with van der Waals surface area (Å²) in [6.07, 6.45) is 0. The van der Waals surface area contributed by atoms with Crippen LogP contribution in [-0.4, -0.2) is 34.2 Å². The molecule has 1 heterocycles. The number of methoxy groups -OCH3 is 1. The van der Waals surface area contributed by atoms with E-state index in [2.05, 4.69) is 4.98 Å². The smallest absolute Gasteiger partial charge is 0.324 e. The van der Waals surface area contributed by atoms with Gasteiger partial charge in [-0.15, -0.1) is 0 Å². The van der Waals surface area contributed by atoms with Gasteiger partial charge in [0.2, 0.25) is 0 Å². The van der Waals surface area contributed by atoms with Gasteiger partial charge < -0.3 is 14.9 Å². The molecule has 1 rings (SSSR count). The third-order valence-corrected chi connectivity index (χ3v) is 2.05. The van der Waals surface area contributed by atoms with Gasteiger partial charge in [0, 0.05) is 0 Å². The largest absolute Gasteiger partial charge is 0.495 e. The van der Waals surface area contributed by atoms with E-state index < -0.39 is 17.9 Å². The van der Waals surface area contributed by atoms with E-state index in [9.17, 15) is 9.59 Å². The van der Waals surface area contributed by atoms with Gasteiger partial charge in [-0.3, -0.25) is 9.59 Å². The standard InChI is InChI=1S/C9H8ClNO5/c1-16-4-2-3-5(10)11-7(4)6(8(12)13)9(14)15/h2-3,6H,1H3,(H,12,13)(H,14,15). The van der Waals surface area contributed by atoms with E-state index in [1.54, 1.807) is 0 Å². The molecule has 0 unspecified atom stereocenters. The quantitative estimate of drug-likeness (QED) is 0.607. The third kappa shape index (κ3) is 2.40. The van der Waals surface area contributed by atoms with Crippen molar-refractivity contribution in [1.29, 1.82) is 0 Å². The summed E-state index contributed by atoms with van der Waals surface area (Å²) in [6.45, 7) is 0. The Hall–Kier alpha value is -1.82. The fourth-order valence-corrected chi connectivity index (χ4v) is 1.31. The van der Waals surface area contributed by atoms with Crippen molar-refractivity contribution in [2.75, 3.05) is 7.11 Å². The molecule has 0 aromatic carbocycles. The highest BCUT2D eigenvalue weighted by molar-refractivity contribution is 6.29. The van der Waals surface area contributed by atoms with Crippen molar-refractivity contribution in [3.8, 4) is 5.75 Å². The van der Waals surface area contributed by atoms with Gasteiger partial charge in [0.05, 0.1) is 7.11 Å². The molecule has 7 heteroatoms. The van der Waals surface area contributed by atoms with Gasteiger partial charge in [-0.2, -0.15) is 0 Å². The molecule has 0 aliphatic rings. The van der Waals surface area contributed by atoms with Crippen LogP contribution in [0.25, 0.3) is 0 Å². The van der Waals surface area contributed by atoms with E-state index in [-0.39, 0.29) is 16.6 Å². The van der Waals surface area contributed by atoms with Crippen molar-refractivity contribution in [3.05, 3.63) is 23.0 Å². The van der Waals surface area contributed by atoms with E-state index >= 15 is 0 Å². The maximum atomic E-state index is 10.8. The van der Waals surface area contributed by atoms with Crippen LogP contribution in [0, 0.1) is 0 Å². The van der Waals surface area contributed by atoms with Crippen molar-refractivity contribution in [3.63, 3.8) is 0 Å². The number of carbonyl (C=O) groups is 2. The van der Waals surface area contributed by atoms with Crippen molar-refractivity contribution in [2.24, 2.45) is 0 Å². The first-order chi connectivity index (χ1) is 7.47. The molecule has 2 N–H and O–H groups in total. The molecule has 0 saturated heterocycles. The van der Waals surface area contributed by atoms with Gasteiger partial charge in [-0.1, -0.05) is 11.6 Å². The highest BCUT2D eigenvalue weighted by Gasteiger charge is 2.32. The van der Waals surface area contributed by atoms with Gasteiger partial charge >= 0.3 is 11.9 Å². The molecule has 0 spiro atoms. The fourth-order valence-electron chi connectivity index (χ4n) is 1.16. The molecule has 86 valence electrons. The highest BCUT2D eigenvalue weighted by Crippen LogP contribution is 2.26. The number of carboxylic acid groups (broad SMARTS) is 2. The zero-order valence-corrected chi connectivity index (χ0v) is 8.93. The second kappa shape index (κ2) is 4.80. The minimum atomic E-state index is -1.80. The van der Waals surface area contributed by atoms with Crippen LogP contribution in [0.4, 0.5) is 0 Å². The lowest BCUT2D eigenvalue weighted by Gasteiger charge is -2.11. The average molecular weight is 246 g/mol. The zero-order valence-electron chi connectivity index (χ0n) is 8.18. The maximum absolute atomic E-state index is 10.8. The van der Waals surface area contributed by atoms with Crippen molar-refractivity contribution >= 4 is 23.5 Å². The Morgan fingerprint density at radius 3 is 2.38 bits per heavy atom. The number of halogens is 1. The topological polar surface area (TPSA) is 96.7 Å². The molecule has 0 atom stereocenters. The normalized spacial score (nSPS) is 10.2. The number of rotatable bonds is 4. The van der Waals surface area contributed by atoms with Gasteiger partial charge in [-0.25, -0.2) is 4.98 Å². The molecular formula is C9H8ClNO5. The second-order valence-corrected chi connectivity index (χ2v) is 3.22. The summed E-state index contributed by atoms with van der Waals surface area (Å²) in [6, 6.07) is 2.74. The number of pyridine rings is 1. The maximum Gasteiger partial charge on any atom is 0.324 e. The first-order valence-corrected chi connectivity index (χ1v) is 4.51. The van der Waals surface area contributed by atoms with E-state index in [1.165, 1.54) is 19.2 Å². The predicted molar refractivity (Wildman–Crippen MR) is 53.8 cm³/mol. The Balaban J connectivity index is 3.32. The van der Waals surface area contributed by atoms with Crippen LogP contribution in [0.2, 0.25) is 5.15 Å². The fraction of sp³-hybridized carbons (Fsp3) is 0.222. The van der Waals surface area contributed by atoms with Gasteiger partial charge in [-0.05, 0) is 12.1 Å². The van der Waals surface area contributed by atoms with Crippen molar-refractivity contribution in [1.82, 2.24) is 4.98 Å². The number of aliphatic carboxylic acids is 2. The molecule has 0 bridgehead atoms. The molecule has 1 aromatic heterocycles. The third-order valence-electron chi connectivity index (χ3n) is 1.84. The van der Waals surface area contributed by atoms with Gasteiger partial charge in [0.25, 0.3) is 0 Å². The molecule has 6 nitrogen and oxygen atoms in total. The molecule has 0 fully saturated rings. The predicted octanol–water partition coefficient (Wildman–Crippen LogP) is 0.996. The number of hydrogen-bond acceptors (Lipinski definition) is 4. The number of hydrogen-bond donors (Lipinski definition) is 2. The Bertz CT molecular complexity index is 420. The minimum absolute atomic E-state index is 0.00306. The zero-order chi connectivity index (χ0) is 12.3. The second-order valence-electron chi connectivity index (χ2n) is 2.83. The lowest BCUT2D eigenvalue weighted by molar-refractivity contribution is -0.150. The lowest BCUT2D eigenvalue weighted by atomic mass is 10.0. The molecule has 0 aliphatic carbocycles. The number of aromatic nitrogens is 1. The number of ether oxygens (including phenoxy) is 1. The van der Waals surface area contributed by atoms with Crippen LogP contribution in [0.5, 0.6) is 5.75 Å². The molecule has 0 aliphatic heterocycles. The molecule has 16 heavy (non-hydrogen) atoms. The van der Waals surface area contributed by atoms with Crippen LogP contribution in [0.1, 0.15) is 11.6 Å². The minimum Gasteiger partial charge on any atom is -0.495 e. The summed E-state index contributed by atoms with van der Waals surface area (Å²) in [7, 11) is 1.29. The molecule has 0 radical (unpaired) electrons. The summed E-state index contributed by atoms with van der Waals surface area (Å²) >= 11 is 5.57. The van der Waals surface area contributed by atoms with E-state index in [0.717, 1.165) is 0 Å².